The van der Waals surface area contributed by atoms with Gasteiger partial charge in [-0.15, -0.1) is 0 Å². The summed E-state index contributed by atoms with van der Waals surface area (Å²) in [5.41, 5.74) is 2.05. The number of hydrogen-bond acceptors (Lipinski definition) is 3. The molecule has 0 unspecified atom stereocenters. The van der Waals surface area contributed by atoms with E-state index in [-0.39, 0.29) is 23.8 Å². The molecular weight excluding hydrogens is 314 g/mol. The molecule has 0 aliphatic carbocycles. The van der Waals surface area contributed by atoms with Gasteiger partial charge in [-0.1, -0.05) is 39.8 Å². The highest BCUT2D eigenvalue weighted by molar-refractivity contribution is 5.97. The molecule has 1 aromatic carbocycles. The van der Waals surface area contributed by atoms with E-state index in [9.17, 15) is 9.59 Å². The fourth-order valence-electron chi connectivity index (χ4n) is 3.07. The molecule has 0 bridgehead atoms. The monoisotopic (exact) mass is 345 g/mol. The van der Waals surface area contributed by atoms with E-state index in [0.29, 0.717) is 0 Å². The van der Waals surface area contributed by atoms with Gasteiger partial charge in [0, 0.05) is 38.8 Å². The Morgan fingerprint density at radius 2 is 1.60 bits per heavy atom. The molecule has 0 N–H and O–H groups in total. The minimum Gasteiger partial charge on any atom is -0.339 e. The molecule has 0 aromatic heterocycles. The lowest BCUT2D eigenvalue weighted by Crippen LogP contribution is -2.51. The van der Waals surface area contributed by atoms with Gasteiger partial charge in [-0.2, -0.15) is 0 Å². The van der Waals surface area contributed by atoms with Gasteiger partial charge in [-0.25, -0.2) is 0 Å². The van der Waals surface area contributed by atoms with Gasteiger partial charge in [-0.3, -0.25) is 9.59 Å². The Morgan fingerprint density at radius 3 is 2.04 bits per heavy atom. The van der Waals surface area contributed by atoms with Crippen molar-refractivity contribution in [2.24, 2.45) is 0 Å². The maximum Gasteiger partial charge on any atom is 0.242 e. The van der Waals surface area contributed by atoms with Gasteiger partial charge in [-0.05, 0) is 29.7 Å². The van der Waals surface area contributed by atoms with Crippen LogP contribution in [0.3, 0.4) is 0 Å². The summed E-state index contributed by atoms with van der Waals surface area (Å²) < 4.78 is 0. The largest absolute Gasteiger partial charge is 0.339 e. The highest BCUT2D eigenvalue weighted by atomic mass is 16.2. The average molecular weight is 345 g/mol. The van der Waals surface area contributed by atoms with Crippen molar-refractivity contribution in [3.05, 3.63) is 29.8 Å². The minimum atomic E-state index is -0.107. The van der Waals surface area contributed by atoms with Crippen molar-refractivity contribution in [1.82, 2.24) is 9.80 Å². The van der Waals surface area contributed by atoms with Crippen molar-refractivity contribution in [1.29, 1.82) is 0 Å². The maximum absolute atomic E-state index is 12.6. The number of carbonyl (C=O) groups is 2. The number of hydrogen-bond donors (Lipinski definition) is 0. The number of amides is 2. The number of carbonyl (C=O) groups excluding carboxylic acids is 2. The summed E-state index contributed by atoms with van der Waals surface area (Å²) in [6.45, 7) is 14.5. The van der Waals surface area contributed by atoms with E-state index < -0.39 is 0 Å². The summed E-state index contributed by atoms with van der Waals surface area (Å²) in [6.07, 6.45) is 0. The lowest BCUT2D eigenvalue weighted by Gasteiger charge is -2.35. The van der Waals surface area contributed by atoms with Gasteiger partial charge in [0.25, 0.3) is 0 Å². The Labute approximate surface area is 151 Å². The Hall–Kier alpha value is -1.88. The summed E-state index contributed by atoms with van der Waals surface area (Å²) in [4.78, 5) is 30.5. The van der Waals surface area contributed by atoms with Gasteiger partial charge in [0.05, 0.1) is 0 Å². The predicted molar refractivity (Wildman–Crippen MR) is 102 cm³/mol. The average Bonchev–Trinajstić information content (AvgIpc) is 2.58. The molecule has 25 heavy (non-hydrogen) atoms. The zero-order valence-electron chi connectivity index (χ0n) is 16.2. The van der Waals surface area contributed by atoms with Crippen LogP contribution in [0.4, 0.5) is 5.69 Å². The minimum absolute atomic E-state index is 0.0193. The molecule has 1 aliphatic heterocycles. The van der Waals surface area contributed by atoms with Crippen molar-refractivity contribution in [3.8, 4) is 0 Å². The Balaban J connectivity index is 2.06. The molecule has 5 heteroatoms. The molecule has 1 aliphatic rings. The molecule has 0 radical (unpaired) electrons. The van der Waals surface area contributed by atoms with E-state index >= 15 is 0 Å². The SMILES string of the molecule is CCN1CCN(C(=O)CN(C(C)=O)c2ccc(C(C)(C)C)cc2)CC1. The van der Waals surface area contributed by atoms with Crippen LogP contribution >= 0.6 is 0 Å². The quantitative estimate of drug-likeness (QED) is 0.842. The molecule has 5 nitrogen and oxygen atoms in total. The number of anilines is 1. The van der Waals surface area contributed by atoms with Crippen molar-refractivity contribution >= 4 is 17.5 Å². The molecule has 2 rings (SSSR count). The smallest absolute Gasteiger partial charge is 0.242 e. The summed E-state index contributed by atoms with van der Waals surface area (Å²) in [5, 5.41) is 0. The zero-order valence-corrected chi connectivity index (χ0v) is 16.2. The number of piperazine rings is 1. The van der Waals surface area contributed by atoms with Gasteiger partial charge >= 0.3 is 0 Å². The maximum atomic E-state index is 12.6. The van der Waals surface area contributed by atoms with Crippen LogP contribution in [-0.2, 0) is 15.0 Å². The van der Waals surface area contributed by atoms with Gasteiger partial charge in [0.15, 0.2) is 0 Å². The Morgan fingerprint density at radius 1 is 1.04 bits per heavy atom. The molecule has 138 valence electrons. The first-order valence-electron chi connectivity index (χ1n) is 9.11. The second-order valence-electron chi connectivity index (χ2n) is 7.72. The van der Waals surface area contributed by atoms with Crippen molar-refractivity contribution < 1.29 is 9.59 Å². The summed E-state index contributed by atoms with van der Waals surface area (Å²) in [7, 11) is 0. The molecule has 1 heterocycles. The van der Waals surface area contributed by atoms with E-state index in [0.717, 1.165) is 38.4 Å². The van der Waals surface area contributed by atoms with E-state index in [2.05, 4.69) is 32.6 Å². The van der Waals surface area contributed by atoms with Crippen molar-refractivity contribution in [3.63, 3.8) is 0 Å². The standard InChI is InChI=1S/C20H31N3O2/c1-6-21-11-13-22(14-12-21)19(25)15-23(16(2)24)18-9-7-17(8-10-18)20(3,4)5/h7-10H,6,11-15H2,1-5H3. The highest BCUT2D eigenvalue weighted by Crippen LogP contribution is 2.25. The third-order valence-electron chi connectivity index (χ3n) is 4.89. The summed E-state index contributed by atoms with van der Waals surface area (Å²) in [6, 6.07) is 7.94. The Kier molecular flexibility index (Phi) is 6.22. The first kappa shape index (κ1) is 19.4. The summed E-state index contributed by atoms with van der Waals surface area (Å²) >= 11 is 0. The number of nitrogens with zero attached hydrogens (tertiary/aromatic N) is 3. The van der Waals surface area contributed by atoms with Crippen molar-refractivity contribution in [2.45, 2.75) is 40.0 Å². The zero-order chi connectivity index (χ0) is 18.6. The number of benzene rings is 1. The van der Waals surface area contributed by atoms with Crippen LogP contribution in [0, 0.1) is 0 Å². The van der Waals surface area contributed by atoms with E-state index in [1.807, 2.05) is 29.2 Å². The highest BCUT2D eigenvalue weighted by Gasteiger charge is 2.24. The molecule has 2 amide bonds. The fourth-order valence-corrected chi connectivity index (χ4v) is 3.07. The third kappa shape index (κ3) is 5.05. The second-order valence-corrected chi connectivity index (χ2v) is 7.72. The van der Waals surface area contributed by atoms with Gasteiger partial charge < -0.3 is 14.7 Å². The van der Waals surface area contributed by atoms with E-state index in [1.54, 1.807) is 4.90 Å². The second kappa shape index (κ2) is 8.00. The van der Waals surface area contributed by atoms with Crippen LogP contribution in [0.15, 0.2) is 24.3 Å². The lowest BCUT2D eigenvalue weighted by atomic mass is 9.87. The van der Waals surface area contributed by atoms with Crippen molar-refractivity contribution in [2.75, 3.05) is 44.2 Å². The molecule has 1 fully saturated rings. The first-order chi connectivity index (χ1) is 11.7. The van der Waals surface area contributed by atoms with Gasteiger partial charge in [0.2, 0.25) is 11.8 Å². The fraction of sp³-hybridized carbons (Fsp3) is 0.600. The van der Waals surface area contributed by atoms with Crippen LogP contribution < -0.4 is 4.90 Å². The van der Waals surface area contributed by atoms with Gasteiger partial charge in [0.1, 0.15) is 6.54 Å². The molecule has 1 saturated heterocycles. The molecule has 0 spiro atoms. The normalized spacial score (nSPS) is 16.0. The Bertz CT molecular complexity index is 596. The predicted octanol–water partition coefficient (Wildman–Crippen LogP) is 2.50. The number of rotatable bonds is 4. The van der Waals surface area contributed by atoms with E-state index in [1.165, 1.54) is 12.5 Å². The molecule has 0 saturated carbocycles. The molecule has 0 atom stereocenters. The number of likely N-dealkylation sites (N-methyl/N-ethyl adjacent to an activating group) is 1. The van der Waals surface area contributed by atoms with Crippen LogP contribution in [0.2, 0.25) is 0 Å². The summed E-state index contributed by atoms with van der Waals surface area (Å²) in [5.74, 6) is -0.0881. The molecular formula is C20H31N3O2. The van der Waals surface area contributed by atoms with Crippen LogP contribution in [0.25, 0.3) is 0 Å². The van der Waals surface area contributed by atoms with E-state index in [4.69, 9.17) is 0 Å². The third-order valence-corrected chi connectivity index (χ3v) is 4.89. The van der Waals surface area contributed by atoms with Crippen LogP contribution in [0.5, 0.6) is 0 Å². The first-order valence-corrected chi connectivity index (χ1v) is 9.11. The molecule has 1 aromatic rings. The van der Waals surface area contributed by atoms with Crippen LogP contribution in [0.1, 0.15) is 40.2 Å². The van der Waals surface area contributed by atoms with Crippen LogP contribution in [-0.4, -0.2) is 60.9 Å². The topological polar surface area (TPSA) is 43.9 Å². The lowest BCUT2D eigenvalue weighted by molar-refractivity contribution is -0.132.